The maximum absolute atomic E-state index is 9.21. The van der Waals surface area contributed by atoms with Gasteiger partial charge in [0.15, 0.2) is 0 Å². The molecule has 0 bridgehead atoms. The fraction of sp³-hybridized carbons (Fsp3) is 0.636. The van der Waals surface area contributed by atoms with Crippen molar-refractivity contribution in [2.24, 2.45) is 0 Å². The second-order valence-electron chi connectivity index (χ2n) is 4.50. The van der Waals surface area contributed by atoms with Crippen LogP contribution in [0.15, 0.2) is 18.3 Å². The maximum Gasteiger partial charge on any atom is 0.0707 e. The fourth-order valence-corrected chi connectivity index (χ4v) is 1.62. The van der Waals surface area contributed by atoms with Crippen LogP contribution in [-0.4, -0.2) is 23.3 Å². The minimum absolute atomic E-state index is 0.0178. The van der Waals surface area contributed by atoms with Gasteiger partial charge in [-0.1, -0.05) is 0 Å². The van der Waals surface area contributed by atoms with Gasteiger partial charge in [-0.05, 0) is 40.0 Å². The van der Waals surface area contributed by atoms with Gasteiger partial charge in [0.1, 0.15) is 0 Å². The summed E-state index contributed by atoms with van der Waals surface area (Å²) in [5.41, 5.74) is 1.19. The molecule has 14 heavy (non-hydrogen) atoms. The molecule has 0 saturated heterocycles. The lowest BCUT2D eigenvalue weighted by molar-refractivity contribution is 0.239. The number of aliphatic hydroxyl groups excluding tert-OH is 1. The number of nitrogens with one attached hydrogen (secondary N) is 1. The third-order valence-corrected chi connectivity index (χ3v) is 2.39. The highest BCUT2D eigenvalue weighted by atomic mass is 16.3. The predicted molar refractivity (Wildman–Crippen MR) is 58.3 cm³/mol. The zero-order chi connectivity index (χ0) is 10.8. The standard InChI is InChI=1S/C11H20N2O/c1-11(2,3)13-7-5-6-10(13)9(8-14)12-4/h5-7,9,12,14H,8H2,1-4H3/t9-/m1/s1. The van der Waals surface area contributed by atoms with Crippen LogP contribution < -0.4 is 5.32 Å². The van der Waals surface area contributed by atoms with E-state index in [2.05, 4.69) is 36.9 Å². The minimum atomic E-state index is 0.0178. The Morgan fingerprint density at radius 2 is 2.14 bits per heavy atom. The van der Waals surface area contributed by atoms with Crippen molar-refractivity contribution in [3.8, 4) is 0 Å². The molecule has 1 heterocycles. The number of hydrogen-bond donors (Lipinski definition) is 2. The van der Waals surface area contributed by atoms with Crippen molar-refractivity contribution in [3.63, 3.8) is 0 Å². The van der Waals surface area contributed by atoms with E-state index >= 15 is 0 Å². The molecule has 1 aromatic rings. The van der Waals surface area contributed by atoms with Crippen molar-refractivity contribution in [1.82, 2.24) is 9.88 Å². The van der Waals surface area contributed by atoms with Gasteiger partial charge in [0.2, 0.25) is 0 Å². The Labute approximate surface area is 85.7 Å². The summed E-state index contributed by atoms with van der Waals surface area (Å²) in [4.78, 5) is 0. The quantitative estimate of drug-likeness (QED) is 0.768. The maximum atomic E-state index is 9.21. The van der Waals surface area contributed by atoms with Crippen LogP contribution in [0.5, 0.6) is 0 Å². The first kappa shape index (κ1) is 11.3. The lowest BCUT2D eigenvalue weighted by Crippen LogP contribution is -2.29. The summed E-state index contributed by atoms with van der Waals surface area (Å²) in [6, 6.07) is 4.08. The lowest BCUT2D eigenvalue weighted by Gasteiger charge is -2.27. The van der Waals surface area contributed by atoms with E-state index in [9.17, 15) is 5.11 Å². The van der Waals surface area contributed by atoms with E-state index in [1.807, 2.05) is 19.2 Å². The Hall–Kier alpha value is -0.800. The highest BCUT2D eigenvalue weighted by Crippen LogP contribution is 2.22. The Balaban J connectivity index is 3.03. The zero-order valence-electron chi connectivity index (χ0n) is 9.41. The summed E-state index contributed by atoms with van der Waals surface area (Å²) in [5, 5.41) is 12.3. The first-order valence-corrected chi connectivity index (χ1v) is 4.96. The van der Waals surface area contributed by atoms with E-state index in [4.69, 9.17) is 0 Å². The number of hydrogen-bond acceptors (Lipinski definition) is 2. The van der Waals surface area contributed by atoms with Crippen molar-refractivity contribution in [2.75, 3.05) is 13.7 Å². The lowest BCUT2D eigenvalue weighted by atomic mass is 10.1. The Morgan fingerprint density at radius 3 is 2.57 bits per heavy atom. The molecule has 0 aliphatic heterocycles. The molecule has 0 spiro atoms. The summed E-state index contributed by atoms with van der Waals surface area (Å²) in [6.45, 7) is 6.58. The molecule has 1 atom stereocenters. The molecule has 0 aromatic carbocycles. The normalized spacial score (nSPS) is 14.4. The van der Waals surface area contributed by atoms with Crippen LogP contribution in [0.4, 0.5) is 0 Å². The molecule has 0 unspecified atom stereocenters. The van der Waals surface area contributed by atoms with Gasteiger partial charge >= 0.3 is 0 Å². The molecule has 2 N–H and O–H groups in total. The van der Waals surface area contributed by atoms with E-state index in [1.165, 1.54) is 0 Å². The van der Waals surface area contributed by atoms with Crippen LogP contribution in [0.2, 0.25) is 0 Å². The van der Waals surface area contributed by atoms with Crippen molar-refractivity contribution >= 4 is 0 Å². The average Bonchev–Trinajstić information content (AvgIpc) is 2.54. The van der Waals surface area contributed by atoms with E-state index in [0.29, 0.717) is 0 Å². The average molecular weight is 196 g/mol. The highest BCUT2D eigenvalue weighted by Gasteiger charge is 2.19. The van der Waals surface area contributed by atoms with Crippen LogP contribution in [0.3, 0.4) is 0 Å². The largest absolute Gasteiger partial charge is 0.394 e. The first-order chi connectivity index (χ1) is 6.50. The number of aromatic nitrogens is 1. The molecule has 1 aromatic heterocycles. The number of aliphatic hydroxyl groups is 1. The van der Waals surface area contributed by atoms with Gasteiger partial charge in [0.25, 0.3) is 0 Å². The van der Waals surface area contributed by atoms with Gasteiger partial charge in [-0.2, -0.15) is 0 Å². The van der Waals surface area contributed by atoms with Crippen molar-refractivity contribution in [1.29, 1.82) is 0 Å². The molecule has 3 nitrogen and oxygen atoms in total. The van der Waals surface area contributed by atoms with E-state index in [0.717, 1.165) is 5.69 Å². The molecule has 3 heteroatoms. The van der Waals surface area contributed by atoms with Crippen molar-refractivity contribution in [3.05, 3.63) is 24.0 Å². The zero-order valence-corrected chi connectivity index (χ0v) is 9.41. The molecule has 0 amide bonds. The second kappa shape index (κ2) is 4.15. The molecule has 0 aliphatic carbocycles. The third kappa shape index (κ3) is 2.16. The van der Waals surface area contributed by atoms with E-state index in [-0.39, 0.29) is 18.2 Å². The highest BCUT2D eigenvalue weighted by molar-refractivity contribution is 5.14. The van der Waals surface area contributed by atoms with Gasteiger partial charge in [-0.3, -0.25) is 0 Å². The second-order valence-corrected chi connectivity index (χ2v) is 4.50. The van der Waals surface area contributed by atoms with E-state index < -0.39 is 0 Å². The molecular formula is C11H20N2O. The van der Waals surface area contributed by atoms with Crippen LogP contribution >= 0.6 is 0 Å². The molecule has 0 saturated carbocycles. The number of nitrogens with zero attached hydrogens (tertiary/aromatic N) is 1. The Kier molecular flexibility index (Phi) is 3.34. The molecule has 1 rings (SSSR count). The summed E-state index contributed by atoms with van der Waals surface area (Å²) < 4.78 is 2.18. The summed E-state index contributed by atoms with van der Waals surface area (Å²) in [5.74, 6) is 0. The van der Waals surface area contributed by atoms with Crippen LogP contribution in [-0.2, 0) is 5.54 Å². The summed E-state index contributed by atoms with van der Waals surface area (Å²) in [6.07, 6.45) is 2.05. The third-order valence-electron chi connectivity index (χ3n) is 2.39. The summed E-state index contributed by atoms with van der Waals surface area (Å²) >= 11 is 0. The van der Waals surface area contributed by atoms with Crippen LogP contribution in [0.1, 0.15) is 32.5 Å². The SMILES string of the molecule is CN[C@H](CO)c1cccn1C(C)(C)C. The molecule has 0 aliphatic rings. The van der Waals surface area contributed by atoms with Gasteiger partial charge in [-0.25, -0.2) is 0 Å². The van der Waals surface area contributed by atoms with Gasteiger partial charge in [0.05, 0.1) is 12.6 Å². The van der Waals surface area contributed by atoms with E-state index in [1.54, 1.807) is 0 Å². The monoisotopic (exact) mass is 196 g/mol. The van der Waals surface area contributed by atoms with Crippen LogP contribution in [0.25, 0.3) is 0 Å². The molecule has 0 radical (unpaired) electrons. The predicted octanol–water partition coefficient (Wildman–Crippen LogP) is 1.50. The number of likely N-dealkylation sites (N-methyl/N-ethyl adjacent to an activating group) is 1. The summed E-state index contributed by atoms with van der Waals surface area (Å²) in [7, 11) is 1.86. The fourth-order valence-electron chi connectivity index (χ4n) is 1.62. The molecular weight excluding hydrogens is 176 g/mol. The van der Waals surface area contributed by atoms with Crippen molar-refractivity contribution in [2.45, 2.75) is 32.4 Å². The van der Waals surface area contributed by atoms with Gasteiger partial charge < -0.3 is 15.0 Å². The minimum Gasteiger partial charge on any atom is -0.394 e. The van der Waals surface area contributed by atoms with Crippen molar-refractivity contribution < 1.29 is 5.11 Å². The molecule has 80 valence electrons. The van der Waals surface area contributed by atoms with Gasteiger partial charge in [-0.15, -0.1) is 0 Å². The molecule has 0 fully saturated rings. The smallest absolute Gasteiger partial charge is 0.0707 e. The Bertz CT molecular complexity index is 282. The Morgan fingerprint density at radius 1 is 1.50 bits per heavy atom. The number of rotatable bonds is 3. The van der Waals surface area contributed by atoms with Crippen LogP contribution in [0, 0.1) is 0 Å². The van der Waals surface area contributed by atoms with Gasteiger partial charge in [0, 0.05) is 17.4 Å². The topological polar surface area (TPSA) is 37.2 Å². The first-order valence-electron chi connectivity index (χ1n) is 4.96.